The van der Waals surface area contributed by atoms with E-state index in [-0.39, 0.29) is 39.3 Å². The van der Waals surface area contributed by atoms with Gasteiger partial charge in [0.15, 0.2) is 10.8 Å². The van der Waals surface area contributed by atoms with Crippen molar-refractivity contribution >= 4 is 75.7 Å². The molecular weight excluding hydrogens is 546 g/mol. The van der Waals surface area contributed by atoms with E-state index in [1.165, 1.54) is 30.3 Å². The molecule has 5 heterocycles. The third-order valence-corrected chi connectivity index (χ3v) is 8.04. The number of carboxylic acid groups (broad SMARTS) is 1. The summed E-state index contributed by atoms with van der Waals surface area (Å²) < 4.78 is 1.11. The predicted octanol–water partition coefficient (Wildman–Crippen LogP) is -1.10. The number of amides is 2. The standard InChI is InChI=1S/C18H17N11O5S3/c1-34-25-9(8-4-37-18(20)21-8)14(30)22-10-15(31)28-11(17(32)33)5(3-36-16(10)28)12(35)7-2-6(19)13-23-26-27-29(13)24-7/h2,4,10,12,16,35H,3,19H2,1H3,(H2,20,21)(H,22,30)(H,32,33)/b25-9+. The van der Waals surface area contributed by atoms with Gasteiger partial charge in [0.1, 0.15) is 29.9 Å². The maximum Gasteiger partial charge on any atom is 0.352 e. The van der Waals surface area contributed by atoms with Crippen molar-refractivity contribution in [2.24, 2.45) is 5.16 Å². The lowest BCUT2D eigenvalue weighted by molar-refractivity contribution is -0.150. The van der Waals surface area contributed by atoms with E-state index in [0.29, 0.717) is 11.3 Å². The van der Waals surface area contributed by atoms with Gasteiger partial charge in [0.05, 0.1) is 16.6 Å². The van der Waals surface area contributed by atoms with Gasteiger partial charge in [-0.25, -0.2) is 9.78 Å². The number of tetrazole rings is 1. The molecule has 2 amide bonds. The molecule has 3 aromatic heterocycles. The molecule has 0 spiro atoms. The third-order valence-electron chi connectivity index (χ3n) is 5.48. The molecule has 1 fully saturated rings. The molecule has 1 saturated heterocycles. The summed E-state index contributed by atoms with van der Waals surface area (Å²) in [6.07, 6.45) is 0. The van der Waals surface area contributed by atoms with Gasteiger partial charge in [-0.05, 0) is 22.1 Å². The van der Waals surface area contributed by atoms with Crippen molar-refractivity contribution in [1.29, 1.82) is 0 Å². The van der Waals surface area contributed by atoms with Crippen molar-refractivity contribution in [3.8, 4) is 0 Å². The molecule has 2 aliphatic heterocycles. The summed E-state index contributed by atoms with van der Waals surface area (Å²) in [6, 6.07) is 0.492. The summed E-state index contributed by atoms with van der Waals surface area (Å²) >= 11 is 6.95. The Labute approximate surface area is 220 Å². The van der Waals surface area contributed by atoms with E-state index < -0.39 is 34.4 Å². The molecule has 2 aliphatic rings. The van der Waals surface area contributed by atoms with E-state index in [4.69, 9.17) is 16.3 Å². The number of β-lactam (4-membered cyclic amide) rings is 1. The Morgan fingerprint density at radius 3 is 2.86 bits per heavy atom. The average Bonchev–Trinajstić information content (AvgIpc) is 3.53. The SMILES string of the molecule is CO/N=C(/C(=O)NC1C(=O)N2C(C(=O)O)=C(C(S)c3cc(N)c4nnnn4n3)CSC12)c1csc(N)n1. The summed E-state index contributed by atoms with van der Waals surface area (Å²) in [5.41, 5.74) is 12.5. The van der Waals surface area contributed by atoms with Gasteiger partial charge < -0.3 is 26.7 Å². The largest absolute Gasteiger partial charge is 0.477 e. The molecule has 0 radical (unpaired) electrons. The van der Waals surface area contributed by atoms with Crippen molar-refractivity contribution < 1.29 is 24.3 Å². The Hall–Kier alpha value is -3.97. The Kier molecular flexibility index (Phi) is 6.33. The highest BCUT2D eigenvalue weighted by Crippen LogP contribution is 2.45. The van der Waals surface area contributed by atoms with Gasteiger partial charge in [0.25, 0.3) is 11.8 Å². The van der Waals surface area contributed by atoms with Crippen LogP contribution in [-0.2, 0) is 19.2 Å². The molecular formula is C18H17N11O5S3. The number of oxime groups is 1. The lowest BCUT2D eigenvalue weighted by atomic mass is 10.00. The number of carboxylic acids is 1. The molecule has 0 bridgehead atoms. The smallest absolute Gasteiger partial charge is 0.352 e. The number of carbonyl (C=O) groups excluding carboxylic acids is 2. The van der Waals surface area contributed by atoms with E-state index in [9.17, 15) is 19.5 Å². The van der Waals surface area contributed by atoms with Crippen molar-refractivity contribution in [3.63, 3.8) is 0 Å². The zero-order chi connectivity index (χ0) is 26.4. The molecule has 192 valence electrons. The van der Waals surface area contributed by atoms with Crippen LogP contribution in [0.15, 0.2) is 27.9 Å². The number of thioether (sulfide) groups is 1. The molecule has 37 heavy (non-hydrogen) atoms. The molecule has 0 saturated carbocycles. The van der Waals surface area contributed by atoms with Crippen molar-refractivity contribution in [3.05, 3.63) is 34.1 Å². The van der Waals surface area contributed by atoms with Gasteiger partial charge >= 0.3 is 5.97 Å². The number of aromatic nitrogens is 6. The number of nitrogens with one attached hydrogen (secondary N) is 1. The highest BCUT2D eigenvalue weighted by molar-refractivity contribution is 8.00. The van der Waals surface area contributed by atoms with Gasteiger partial charge in [-0.2, -0.15) is 17.7 Å². The number of thiazole rings is 1. The Morgan fingerprint density at radius 1 is 1.41 bits per heavy atom. The third kappa shape index (κ3) is 4.19. The summed E-state index contributed by atoms with van der Waals surface area (Å²) in [5, 5.41) is 31.8. The number of hydrogen-bond donors (Lipinski definition) is 5. The first-order valence-electron chi connectivity index (χ1n) is 10.3. The lowest BCUT2D eigenvalue weighted by Gasteiger charge is -2.49. The van der Waals surface area contributed by atoms with E-state index in [0.717, 1.165) is 20.9 Å². The number of anilines is 2. The predicted molar refractivity (Wildman–Crippen MR) is 134 cm³/mol. The Bertz CT molecular complexity index is 1500. The molecule has 19 heteroatoms. The van der Waals surface area contributed by atoms with Crippen LogP contribution in [0.1, 0.15) is 16.6 Å². The minimum Gasteiger partial charge on any atom is -0.477 e. The van der Waals surface area contributed by atoms with Crippen LogP contribution < -0.4 is 16.8 Å². The van der Waals surface area contributed by atoms with E-state index in [1.54, 1.807) is 0 Å². The highest BCUT2D eigenvalue weighted by Gasteiger charge is 2.55. The molecule has 3 unspecified atom stereocenters. The molecule has 3 aromatic rings. The van der Waals surface area contributed by atoms with Crippen molar-refractivity contribution in [2.75, 3.05) is 24.3 Å². The van der Waals surface area contributed by atoms with Crippen molar-refractivity contribution in [2.45, 2.75) is 16.7 Å². The topological polar surface area (TPSA) is 229 Å². The molecule has 0 aliphatic carbocycles. The first-order valence-corrected chi connectivity index (χ1v) is 12.7. The molecule has 6 N–H and O–H groups in total. The minimum atomic E-state index is -1.33. The van der Waals surface area contributed by atoms with Crippen LogP contribution >= 0.6 is 35.7 Å². The summed E-state index contributed by atoms with van der Waals surface area (Å²) in [5.74, 6) is -2.47. The number of carbonyl (C=O) groups is 3. The minimum absolute atomic E-state index is 0.172. The Morgan fingerprint density at radius 2 is 2.19 bits per heavy atom. The number of nitrogens with two attached hydrogens (primary N) is 2. The van der Waals surface area contributed by atoms with Gasteiger partial charge in [-0.3, -0.25) is 14.5 Å². The van der Waals surface area contributed by atoms with Crippen LogP contribution in [0.3, 0.4) is 0 Å². The maximum atomic E-state index is 13.1. The van der Waals surface area contributed by atoms with Crippen LogP contribution in [0, 0.1) is 0 Å². The number of nitrogens with zero attached hydrogens (tertiary/aromatic N) is 8. The van der Waals surface area contributed by atoms with Crippen molar-refractivity contribution in [1.82, 2.24) is 40.5 Å². The van der Waals surface area contributed by atoms with Gasteiger partial charge in [0, 0.05) is 11.1 Å². The maximum absolute atomic E-state index is 13.1. The number of aliphatic carboxylic acids is 1. The fraction of sp³-hybridized carbons (Fsp3) is 0.278. The first-order chi connectivity index (χ1) is 17.7. The lowest BCUT2D eigenvalue weighted by Crippen LogP contribution is -2.71. The molecule has 3 atom stereocenters. The van der Waals surface area contributed by atoms with Gasteiger partial charge in [-0.15, -0.1) is 32.8 Å². The van der Waals surface area contributed by atoms with Crippen LogP contribution in [-0.4, -0.2) is 88.0 Å². The number of thiol groups is 1. The fourth-order valence-electron chi connectivity index (χ4n) is 3.85. The second kappa shape index (κ2) is 9.48. The number of rotatable bonds is 7. The van der Waals surface area contributed by atoms with Gasteiger partial charge in [-0.1, -0.05) is 5.16 Å². The quantitative estimate of drug-likeness (QED) is 0.0996. The van der Waals surface area contributed by atoms with E-state index in [1.807, 2.05) is 0 Å². The monoisotopic (exact) mass is 563 g/mol. The van der Waals surface area contributed by atoms with Crippen LogP contribution in [0.5, 0.6) is 0 Å². The van der Waals surface area contributed by atoms with Crippen LogP contribution in [0.4, 0.5) is 10.8 Å². The summed E-state index contributed by atoms with van der Waals surface area (Å²) in [6.45, 7) is 0. The molecule has 0 aromatic carbocycles. The molecule has 5 rings (SSSR count). The highest BCUT2D eigenvalue weighted by atomic mass is 32.2. The van der Waals surface area contributed by atoms with E-state index >= 15 is 0 Å². The number of fused-ring (bicyclic) bond motifs is 2. The van der Waals surface area contributed by atoms with Crippen LogP contribution in [0.25, 0.3) is 5.65 Å². The average molecular weight is 564 g/mol. The van der Waals surface area contributed by atoms with Crippen LogP contribution in [0.2, 0.25) is 0 Å². The normalized spacial score (nSPS) is 20.4. The summed E-state index contributed by atoms with van der Waals surface area (Å²) in [7, 11) is 1.26. The number of nitrogen functional groups attached to an aromatic ring is 2. The number of hydrogen-bond acceptors (Lipinski definition) is 15. The first kappa shape index (κ1) is 24.7. The van der Waals surface area contributed by atoms with Gasteiger partial charge in [0.2, 0.25) is 5.65 Å². The Balaban J connectivity index is 1.40. The summed E-state index contributed by atoms with van der Waals surface area (Å²) in [4.78, 5) is 48.1. The second-order valence-corrected chi connectivity index (χ2v) is 10.2. The zero-order valence-corrected chi connectivity index (χ0v) is 21.2. The second-order valence-electron chi connectivity index (χ2n) is 7.65. The fourth-order valence-corrected chi connectivity index (χ4v) is 6.25. The van der Waals surface area contributed by atoms with E-state index in [2.05, 4.69) is 48.7 Å². The zero-order valence-electron chi connectivity index (χ0n) is 18.7. The molecule has 16 nitrogen and oxygen atoms in total.